The second-order valence-corrected chi connectivity index (χ2v) is 10.9. The quantitative estimate of drug-likeness (QED) is 0.159. The van der Waals surface area contributed by atoms with Crippen molar-refractivity contribution in [2.45, 2.75) is 32.0 Å². The molecule has 5 heteroatoms. The zero-order chi connectivity index (χ0) is 30.1. The van der Waals surface area contributed by atoms with Crippen LogP contribution in [0.3, 0.4) is 0 Å². The van der Waals surface area contributed by atoms with Gasteiger partial charge in [-0.25, -0.2) is 0 Å². The molecule has 1 heterocycles. The van der Waals surface area contributed by atoms with E-state index in [0.717, 1.165) is 44.7 Å². The van der Waals surface area contributed by atoms with Gasteiger partial charge < -0.3 is 19.4 Å². The number of hydrogen-bond donors (Lipinski definition) is 1. The summed E-state index contributed by atoms with van der Waals surface area (Å²) in [5.41, 5.74) is 6.70. The van der Waals surface area contributed by atoms with E-state index >= 15 is 0 Å². The Hall–Kier alpha value is -5.29. The van der Waals surface area contributed by atoms with Crippen LogP contribution in [-0.4, -0.2) is 17.6 Å². The minimum absolute atomic E-state index is 0.00948. The average molecular weight is 581 g/mol. The summed E-state index contributed by atoms with van der Waals surface area (Å²) in [7, 11) is 1.68. The predicted octanol–water partition coefficient (Wildman–Crippen LogP) is 8.12. The lowest BCUT2D eigenvalue weighted by Crippen LogP contribution is -2.25. The van der Waals surface area contributed by atoms with Crippen molar-refractivity contribution in [2.75, 3.05) is 7.11 Å². The van der Waals surface area contributed by atoms with Gasteiger partial charge in [-0.15, -0.1) is 0 Å². The smallest absolute Gasteiger partial charge is 0.221 e. The molecule has 0 spiro atoms. The van der Waals surface area contributed by atoms with Crippen LogP contribution in [0.25, 0.3) is 10.9 Å². The Balaban J connectivity index is 1.29. The number of nitrogens with one attached hydrogen (secondary N) is 1. The number of rotatable bonds is 12. The van der Waals surface area contributed by atoms with Crippen LogP contribution in [0.2, 0.25) is 0 Å². The molecule has 1 amide bonds. The number of fused-ring (bicyclic) bond motifs is 1. The largest absolute Gasteiger partial charge is 0.497 e. The Labute approximate surface area is 258 Å². The molecule has 1 N–H and O–H groups in total. The summed E-state index contributed by atoms with van der Waals surface area (Å²) < 4.78 is 13.7. The standard InChI is InChI=1S/C39H36N2O3/c1-43-33-20-16-30(17-21-33)26-41-27-37(35-14-8-9-15-38(35)41)36(24-39(42)40-25-29-10-4-2-5-11-29)32-18-22-34(23-19-32)44-28-31-12-6-3-7-13-31/h2-23,27,36H,24-26,28H2,1H3,(H,40,42)/t36-/m1/s1. The predicted molar refractivity (Wildman–Crippen MR) is 176 cm³/mol. The zero-order valence-corrected chi connectivity index (χ0v) is 24.9. The van der Waals surface area contributed by atoms with Gasteiger partial charge in [0, 0.05) is 42.5 Å². The first-order valence-electron chi connectivity index (χ1n) is 14.9. The molecule has 220 valence electrons. The molecule has 0 fully saturated rings. The number of aromatic nitrogens is 1. The molecule has 44 heavy (non-hydrogen) atoms. The van der Waals surface area contributed by atoms with Gasteiger partial charge in [-0.05, 0) is 58.1 Å². The minimum Gasteiger partial charge on any atom is -0.497 e. The first-order chi connectivity index (χ1) is 21.7. The summed E-state index contributed by atoms with van der Waals surface area (Å²) in [6.07, 6.45) is 2.54. The normalized spacial score (nSPS) is 11.7. The van der Waals surface area contributed by atoms with Crippen LogP contribution in [0.1, 0.15) is 40.2 Å². The molecule has 6 rings (SSSR count). The highest BCUT2D eigenvalue weighted by Gasteiger charge is 2.23. The van der Waals surface area contributed by atoms with Crippen molar-refractivity contribution in [3.8, 4) is 11.5 Å². The molecule has 5 nitrogen and oxygen atoms in total. The fraction of sp³-hybridized carbons (Fsp3) is 0.154. The molecule has 5 aromatic carbocycles. The molecule has 0 bridgehead atoms. The van der Waals surface area contributed by atoms with E-state index in [4.69, 9.17) is 9.47 Å². The Morgan fingerprint density at radius 3 is 2.05 bits per heavy atom. The van der Waals surface area contributed by atoms with Gasteiger partial charge in [0.15, 0.2) is 0 Å². The van der Waals surface area contributed by atoms with Gasteiger partial charge in [0.05, 0.1) is 7.11 Å². The van der Waals surface area contributed by atoms with E-state index in [1.165, 1.54) is 5.56 Å². The van der Waals surface area contributed by atoms with Crippen LogP contribution in [0.4, 0.5) is 0 Å². The maximum absolute atomic E-state index is 13.4. The third-order valence-electron chi connectivity index (χ3n) is 7.96. The van der Waals surface area contributed by atoms with Gasteiger partial charge in [-0.2, -0.15) is 0 Å². The van der Waals surface area contributed by atoms with Crippen molar-refractivity contribution >= 4 is 16.8 Å². The van der Waals surface area contributed by atoms with Gasteiger partial charge in [-0.3, -0.25) is 4.79 Å². The summed E-state index contributed by atoms with van der Waals surface area (Å²) in [4.78, 5) is 13.4. The maximum Gasteiger partial charge on any atom is 0.221 e. The lowest BCUT2D eigenvalue weighted by Gasteiger charge is -2.18. The monoisotopic (exact) mass is 580 g/mol. The number of para-hydroxylation sites is 1. The minimum atomic E-state index is -0.143. The molecule has 0 radical (unpaired) electrons. The van der Waals surface area contributed by atoms with Crippen molar-refractivity contribution in [3.63, 3.8) is 0 Å². The van der Waals surface area contributed by atoms with E-state index in [1.807, 2.05) is 72.8 Å². The molecule has 1 atom stereocenters. The van der Waals surface area contributed by atoms with Crippen molar-refractivity contribution < 1.29 is 14.3 Å². The summed E-state index contributed by atoms with van der Waals surface area (Å²) in [6.45, 7) is 1.71. The topological polar surface area (TPSA) is 52.5 Å². The molecule has 0 saturated carbocycles. The van der Waals surface area contributed by atoms with Crippen molar-refractivity contribution in [1.82, 2.24) is 9.88 Å². The summed E-state index contributed by atoms with van der Waals surface area (Å²) in [6, 6.07) is 44.9. The third-order valence-corrected chi connectivity index (χ3v) is 7.96. The van der Waals surface area contributed by atoms with Gasteiger partial charge in [0.1, 0.15) is 18.1 Å². The second kappa shape index (κ2) is 13.8. The third kappa shape index (κ3) is 7.01. The van der Waals surface area contributed by atoms with E-state index < -0.39 is 0 Å². The Kier molecular flexibility index (Phi) is 9.03. The van der Waals surface area contributed by atoms with E-state index in [9.17, 15) is 4.79 Å². The number of carbonyl (C=O) groups is 1. The maximum atomic E-state index is 13.4. The van der Waals surface area contributed by atoms with Gasteiger partial charge in [-0.1, -0.05) is 103 Å². The molecule has 0 aliphatic carbocycles. The van der Waals surface area contributed by atoms with Crippen LogP contribution >= 0.6 is 0 Å². The molecule has 0 unspecified atom stereocenters. The lowest BCUT2D eigenvalue weighted by molar-refractivity contribution is -0.121. The Bertz CT molecular complexity index is 1790. The van der Waals surface area contributed by atoms with Crippen molar-refractivity contribution in [1.29, 1.82) is 0 Å². The summed E-state index contributed by atoms with van der Waals surface area (Å²) in [5.74, 6) is 1.50. The van der Waals surface area contributed by atoms with Crippen LogP contribution in [0, 0.1) is 0 Å². The molecular formula is C39H36N2O3. The van der Waals surface area contributed by atoms with Crippen LogP contribution < -0.4 is 14.8 Å². The van der Waals surface area contributed by atoms with Crippen LogP contribution in [0.15, 0.2) is 140 Å². The van der Waals surface area contributed by atoms with E-state index in [0.29, 0.717) is 26.1 Å². The van der Waals surface area contributed by atoms with Crippen LogP contribution in [0.5, 0.6) is 11.5 Å². The van der Waals surface area contributed by atoms with Crippen molar-refractivity contribution in [2.24, 2.45) is 0 Å². The highest BCUT2D eigenvalue weighted by atomic mass is 16.5. The number of methoxy groups -OCH3 is 1. The molecule has 6 aromatic rings. The summed E-state index contributed by atoms with van der Waals surface area (Å²) in [5, 5.41) is 4.29. The molecule has 1 aromatic heterocycles. The number of hydrogen-bond acceptors (Lipinski definition) is 3. The lowest BCUT2D eigenvalue weighted by atomic mass is 9.88. The zero-order valence-electron chi connectivity index (χ0n) is 24.9. The first kappa shape index (κ1) is 28.8. The number of amides is 1. The fourth-order valence-corrected chi connectivity index (χ4v) is 5.61. The molecule has 0 saturated heterocycles. The second-order valence-electron chi connectivity index (χ2n) is 10.9. The van der Waals surface area contributed by atoms with Crippen LogP contribution in [-0.2, 0) is 24.5 Å². The Morgan fingerprint density at radius 2 is 1.34 bits per heavy atom. The average Bonchev–Trinajstić information content (AvgIpc) is 3.44. The number of benzene rings is 5. The van der Waals surface area contributed by atoms with Gasteiger partial charge in [0.2, 0.25) is 5.91 Å². The number of nitrogens with zero attached hydrogens (tertiary/aromatic N) is 1. The first-order valence-corrected chi connectivity index (χ1v) is 14.9. The highest BCUT2D eigenvalue weighted by Crippen LogP contribution is 2.36. The van der Waals surface area contributed by atoms with E-state index in [2.05, 4.69) is 76.7 Å². The SMILES string of the molecule is COc1ccc(Cn2cc([C@H](CC(=O)NCc3ccccc3)c3ccc(OCc4ccccc4)cc3)c3ccccc32)cc1. The molecular weight excluding hydrogens is 544 g/mol. The fourth-order valence-electron chi connectivity index (χ4n) is 5.61. The van der Waals surface area contributed by atoms with Gasteiger partial charge >= 0.3 is 0 Å². The van der Waals surface area contributed by atoms with Crippen molar-refractivity contribution in [3.05, 3.63) is 167 Å². The van der Waals surface area contributed by atoms with E-state index in [-0.39, 0.29) is 11.8 Å². The Morgan fingerprint density at radius 1 is 0.705 bits per heavy atom. The highest BCUT2D eigenvalue weighted by molar-refractivity contribution is 5.87. The number of carbonyl (C=O) groups excluding carboxylic acids is 1. The van der Waals surface area contributed by atoms with Gasteiger partial charge in [0.25, 0.3) is 0 Å². The van der Waals surface area contributed by atoms with E-state index in [1.54, 1.807) is 7.11 Å². The summed E-state index contributed by atoms with van der Waals surface area (Å²) >= 11 is 0. The number of ether oxygens (including phenoxy) is 2. The molecule has 0 aliphatic rings. The molecule has 0 aliphatic heterocycles.